The Kier molecular flexibility index (Phi) is 6.20. The molecule has 1 aromatic heterocycles. The van der Waals surface area contributed by atoms with E-state index in [1.54, 1.807) is 0 Å². The standard InChI is InChI=1S/C52H32N2/c1-2-10-46-45(9-1)53-51(39-19-11-31(12-20-39)41-27-23-37-17-15-33-5-3-7-35-25-29-43(41)49(37)47(33)35)52(54-46)40-21-13-32(14-22-40)42-28-24-38-18-16-34-6-4-8-36-26-30-44(42)50(38)48(34)36/h1-7,9-29H,8,30H2. The fraction of sp³-hybridized carbons (Fsp3) is 0.0385. The highest BCUT2D eigenvalue weighted by Crippen LogP contribution is 2.44. The SMILES string of the molecule is C1=Cc2ccc3ccc(-c4ccc(-c5nc6ccccc6nc5-c5ccc(-c6ccc7ccc8cccc9ccc6c7c89)cc5)cc4)c4c3c2C(=CC4)C1. The zero-order valence-electron chi connectivity index (χ0n) is 29.5. The van der Waals surface area contributed by atoms with Crippen LogP contribution in [0.1, 0.15) is 23.1 Å². The smallest absolute Gasteiger partial charge is 0.0973 e. The van der Waals surface area contributed by atoms with E-state index in [4.69, 9.17) is 9.97 Å². The Balaban J connectivity index is 0.957. The molecule has 250 valence electrons. The van der Waals surface area contributed by atoms with Crippen LogP contribution < -0.4 is 0 Å². The van der Waals surface area contributed by atoms with Gasteiger partial charge in [-0.1, -0.05) is 158 Å². The molecule has 0 unspecified atom stereocenters. The van der Waals surface area contributed by atoms with E-state index in [9.17, 15) is 0 Å². The fourth-order valence-corrected chi connectivity index (χ4v) is 9.31. The van der Waals surface area contributed by atoms with Crippen molar-refractivity contribution in [2.45, 2.75) is 12.8 Å². The van der Waals surface area contributed by atoms with Crippen LogP contribution in [0.25, 0.3) is 111 Å². The van der Waals surface area contributed by atoms with Gasteiger partial charge in [-0.15, -0.1) is 0 Å². The molecule has 0 N–H and O–H groups in total. The number of nitrogens with zero attached hydrogens (tertiary/aromatic N) is 2. The summed E-state index contributed by atoms with van der Waals surface area (Å²) in [6, 6.07) is 55.4. The van der Waals surface area contributed by atoms with Gasteiger partial charge in [0.25, 0.3) is 0 Å². The molecular formula is C52H32N2. The molecule has 0 bridgehead atoms. The van der Waals surface area contributed by atoms with Gasteiger partial charge in [0.1, 0.15) is 0 Å². The molecule has 12 rings (SSSR count). The molecule has 0 atom stereocenters. The van der Waals surface area contributed by atoms with Crippen LogP contribution in [0.2, 0.25) is 0 Å². The lowest BCUT2D eigenvalue weighted by Crippen LogP contribution is -2.04. The van der Waals surface area contributed by atoms with Crippen molar-refractivity contribution in [3.63, 3.8) is 0 Å². The molecule has 0 aliphatic heterocycles. The van der Waals surface area contributed by atoms with Crippen molar-refractivity contribution < 1.29 is 0 Å². The predicted molar refractivity (Wildman–Crippen MR) is 228 cm³/mol. The van der Waals surface area contributed by atoms with Crippen molar-refractivity contribution in [3.8, 4) is 44.8 Å². The van der Waals surface area contributed by atoms with E-state index < -0.39 is 0 Å². The molecule has 1 heterocycles. The minimum absolute atomic E-state index is 0.890. The van der Waals surface area contributed by atoms with Crippen LogP contribution in [0, 0.1) is 0 Å². The molecular weight excluding hydrogens is 653 g/mol. The molecule has 0 saturated carbocycles. The van der Waals surface area contributed by atoms with Gasteiger partial charge in [-0.3, -0.25) is 0 Å². The number of allylic oxidation sites excluding steroid dienone is 3. The Labute approximate surface area is 312 Å². The van der Waals surface area contributed by atoms with Crippen molar-refractivity contribution >= 4 is 65.8 Å². The largest absolute Gasteiger partial charge is 0.244 e. The number of fused-ring (bicyclic) bond motifs is 1. The number of rotatable bonds is 4. The van der Waals surface area contributed by atoms with E-state index in [0.717, 1.165) is 46.4 Å². The van der Waals surface area contributed by atoms with E-state index in [-0.39, 0.29) is 0 Å². The van der Waals surface area contributed by atoms with Gasteiger partial charge >= 0.3 is 0 Å². The monoisotopic (exact) mass is 684 g/mol. The average molecular weight is 685 g/mol. The van der Waals surface area contributed by atoms with Crippen LogP contribution in [-0.2, 0) is 6.42 Å². The zero-order chi connectivity index (χ0) is 35.3. The van der Waals surface area contributed by atoms with Crippen LogP contribution in [0.15, 0.2) is 164 Å². The lowest BCUT2D eigenvalue weighted by Gasteiger charge is -2.25. The second-order valence-corrected chi connectivity index (χ2v) is 14.8. The summed E-state index contributed by atoms with van der Waals surface area (Å²) >= 11 is 0. The lowest BCUT2D eigenvalue weighted by atomic mass is 9.79. The van der Waals surface area contributed by atoms with Crippen molar-refractivity contribution in [2.24, 2.45) is 0 Å². The van der Waals surface area contributed by atoms with Crippen molar-refractivity contribution in [1.82, 2.24) is 9.97 Å². The maximum absolute atomic E-state index is 5.25. The highest BCUT2D eigenvalue weighted by Gasteiger charge is 2.22. The minimum atomic E-state index is 0.890. The summed E-state index contributed by atoms with van der Waals surface area (Å²) in [6.45, 7) is 0. The second kappa shape index (κ2) is 11.3. The summed E-state index contributed by atoms with van der Waals surface area (Å²) in [5.41, 5.74) is 16.3. The summed E-state index contributed by atoms with van der Waals surface area (Å²) in [5, 5.41) is 10.6. The van der Waals surface area contributed by atoms with E-state index in [2.05, 4.69) is 158 Å². The first-order valence-corrected chi connectivity index (χ1v) is 18.8. The molecule has 0 saturated heterocycles. The van der Waals surface area contributed by atoms with Gasteiger partial charge in [0, 0.05) is 11.1 Å². The third kappa shape index (κ3) is 4.34. The molecule has 2 aliphatic rings. The van der Waals surface area contributed by atoms with Crippen molar-refractivity contribution in [2.75, 3.05) is 0 Å². The average Bonchev–Trinajstić information content (AvgIpc) is 3.24. The third-order valence-electron chi connectivity index (χ3n) is 11.9. The highest BCUT2D eigenvalue weighted by atomic mass is 14.8. The van der Waals surface area contributed by atoms with Crippen LogP contribution in [-0.4, -0.2) is 9.97 Å². The molecule has 54 heavy (non-hydrogen) atoms. The van der Waals surface area contributed by atoms with Gasteiger partial charge in [-0.05, 0) is 113 Å². The summed E-state index contributed by atoms with van der Waals surface area (Å²) < 4.78 is 0. The number of hydrogen-bond acceptors (Lipinski definition) is 2. The maximum atomic E-state index is 5.25. The zero-order valence-corrected chi connectivity index (χ0v) is 29.5. The van der Waals surface area contributed by atoms with Crippen LogP contribution in [0.3, 0.4) is 0 Å². The van der Waals surface area contributed by atoms with Gasteiger partial charge in [-0.2, -0.15) is 0 Å². The van der Waals surface area contributed by atoms with Crippen LogP contribution in [0.4, 0.5) is 0 Å². The Morgan fingerprint density at radius 2 is 0.963 bits per heavy atom. The number of para-hydroxylation sites is 2. The first kappa shape index (κ1) is 29.7. The summed E-state index contributed by atoms with van der Waals surface area (Å²) in [4.78, 5) is 10.5. The number of benzene rings is 9. The highest BCUT2D eigenvalue weighted by molar-refractivity contribution is 6.25. The van der Waals surface area contributed by atoms with Crippen molar-refractivity contribution in [1.29, 1.82) is 0 Å². The summed E-state index contributed by atoms with van der Waals surface area (Å²) in [5.74, 6) is 0. The summed E-state index contributed by atoms with van der Waals surface area (Å²) in [6.07, 6.45) is 8.99. The van der Waals surface area contributed by atoms with Crippen molar-refractivity contribution in [3.05, 3.63) is 181 Å². The molecule has 2 aliphatic carbocycles. The Bertz CT molecular complexity index is 3220. The van der Waals surface area contributed by atoms with Gasteiger partial charge in [0.2, 0.25) is 0 Å². The fourth-order valence-electron chi connectivity index (χ4n) is 9.31. The maximum Gasteiger partial charge on any atom is 0.0973 e. The topological polar surface area (TPSA) is 25.8 Å². The van der Waals surface area contributed by atoms with E-state index in [0.29, 0.717) is 0 Å². The molecule has 9 aromatic carbocycles. The molecule has 0 amide bonds. The van der Waals surface area contributed by atoms with Crippen LogP contribution in [0.5, 0.6) is 0 Å². The first-order chi connectivity index (χ1) is 26.7. The Morgan fingerprint density at radius 3 is 1.67 bits per heavy atom. The molecule has 0 fully saturated rings. The number of hydrogen-bond donors (Lipinski definition) is 0. The van der Waals surface area contributed by atoms with E-state index in [1.807, 2.05) is 12.1 Å². The third-order valence-corrected chi connectivity index (χ3v) is 11.9. The quantitative estimate of drug-likeness (QED) is 0.172. The van der Waals surface area contributed by atoms with Gasteiger partial charge in [0.15, 0.2) is 0 Å². The van der Waals surface area contributed by atoms with E-state index in [1.165, 1.54) is 87.6 Å². The number of aromatic nitrogens is 2. The van der Waals surface area contributed by atoms with Gasteiger partial charge < -0.3 is 0 Å². The molecule has 2 heteroatoms. The molecule has 10 aromatic rings. The summed E-state index contributed by atoms with van der Waals surface area (Å²) in [7, 11) is 0. The molecule has 0 radical (unpaired) electrons. The van der Waals surface area contributed by atoms with Gasteiger partial charge in [-0.25, -0.2) is 9.97 Å². The Morgan fingerprint density at radius 1 is 0.407 bits per heavy atom. The minimum Gasteiger partial charge on any atom is -0.244 e. The van der Waals surface area contributed by atoms with Gasteiger partial charge in [0.05, 0.1) is 22.4 Å². The molecule has 2 nitrogen and oxygen atoms in total. The van der Waals surface area contributed by atoms with E-state index >= 15 is 0 Å². The Hall–Kier alpha value is -6.90. The first-order valence-electron chi connectivity index (χ1n) is 18.8. The van der Waals surface area contributed by atoms with Crippen LogP contribution >= 0.6 is 0 Å². The normalized spacial score (nSPS) is 13.4. The predicted octanol–water partition coefficient (Wildman–Crippen LogP) is 13.7. The second-order valence-electron chi connectivity index (χ2n) is 14.8. The molecule has 0 spiro atoms. The lowest BCUT2D eigenvalue weighted by molar-refractivity contribution is 1.23.